The number of hydrogen-bond donors (Lipinski definition) is 1. The zero-order valence-corrected chi connectivity index (χ0v) is 15.4. The Morgan fingerprint density at radius 3 is 2.62 bits per heavy atom. The molecule has 0 aliphatic carbocycles. The van der Waals surface area contributed by atoms with Crippen molar-refractivity contribution in [2.24, 2.45) is 0 Å². The van der Waals surface area contributed by atoms with Gasteiger partial charge in [-0.3, -0.25) is 14.2 Å². The van der Waals surface area contributed by atoms with E-state index in [0.717, 1.165) is 4.47 Å². The molecule has 1 N–H and O–H groups in total. The van der Waals surface area contributed by atoms with Gasteiger partial charge in [0, 0.05) is 27.2 Å². The number of carbonyl (C=O) groups is 2. The molecule has 3 aromatic rings. The minimum absolute atomic E-state index is 0.106. The van der Waals surface area contributed by atoms with Crippen LogP contribution < -0.4 is 9.47 Å². The minimum Gasteiger partial charge on any atom is -0.481 e. The topological polar surface area (TPSA) is 77.8 Å². The average Bonchev–Trinajstić information content (AvgIpc) is 3.15. The van der Waals surface area contributed by atoms with Gasteiger partial charge in [0.05, 0.1) is 11.9 Å². The van der Waals surface area contributed by atoms with E-state index in [1.165, 1.54) is 4.57 Å². The predicted molar refractivity (Wildman–Crippen MR) is 98.0 cm³/mol. The van der Waals surface area contributed by atoms with Crippen LogP contribution in [0.4, 0.5) is 0 Å². The van der Waals surface area contributed by atoms with Gasteiger partial charge in [0.25, 0.3) is 5.91 Å². The molecule has 6 nitrogen and oxygen atoms in total. The van der Waals surface area contributed by atoms with Gasteiger partial charge < -0.3 is 14.6 Å². The Kier molecular flexibility index (Phi) is 3.96. The molecule has 1 aliphatic rings. The number of fused-ring (bicyclic) bond motifs is 2. The van der Waals surface area contributed by atoms with Crippen LogP contribution in [-0.2, 0) is 11.2 Å². The normalized spacial score (nSPS) is 12.5. The third kappa shape index (κ3) is 2.64. The van der Waals surface area contributed by atoms with Gasteiger partial charge in [-0.15, -0.1) is 0 Å². The highest BCUT2D eigenvalue weighted by molar-refractivity contribution is 9.10. The lowest BCUT2D eigenvalue weighted by atomic mass is 10.1. The monoisotopic (exact) mass is 415 g/mol. The van der Waals surface area contributed by atoms with E-state index in [0.29, 0.717) is 39.2 Å². The van der Waals surface area contributed by atoms with E-state index in [-0.39, 0.29) is 19.1 Å². The summed E-state index contributed by atoms with van der Waals surface area (Å²) >= 11 is 3.37. The van der Waals surface area contributed by atoms with Gasteiger partial charge in [0.1, 0.15) is 0 Å². The average molecular weight is 416 g/mol. The molecule has 132 valence electrons. The fraction of sp³-hybridized carbons (Fsp3) is 0.158. The molecule has 0 saturated carbocycles. The van der Waals surface area contributed by atoms with Crippen LogP contribution >= 0.6 is 15.9 Å². The molecular formula is C19H14BrNO5. The summed E-state index contributed by atoms with van der Waals surface area (Å²) in [5, 5.41) is 9.97. The Labute approximate surface area is 157 Å². The zero-order valence-electron chi connectivity index (χ0n) is 13.8. The number of aliphatic carboxylic acids is 1. The molecule has 0 saturated heterocycles. The van der Waals surface area contributed by atoms with Crippen molar-refractivity contribution in [3.63, 3.8) is 0 Å². The van der Waals surface area contributed by atoms with Crippen LogP contribution in [0.2, 0.25) is 0 Å². The van der Waals surface area contributed by atoms with E-state index >= 15 is 0 Å². The number of carboxylic acid groups (broad SMARTS) is 1. The van der Waals surface area contributed by atoms with Gasteiger partial charge in [0.15, 0.2) is 11.5 Å². The summed E-state index contributed by atoms with van der Waals surface area (Å²) in [5.74, 6) is -0.0969. The SMILES string of the molecule is Cc1c(CC(=O)O)c2cc3c(cc2n1C(=O)c1cccc(Br)c1)OCO3. The van der Waals surface area contributed by atoms with Crippen molar-refractivity contribution >= 4 is 38.7 Å². The first-order valence-electron chi connectivity index (χ1n) is 7.91. The summed E-state index contributed by atoms with van der Waals surface area (Å²) in [5.41, 5.74) is 2.29. The van der Waals surface area contributed by atoms with Crippen molar-refractivity contribution in [2.75, 3.05) is 6.79 Å². The zero-order chi connectivity index (χ0) is 18.4. The van der Waals surface area contributed by atoms with Crippen molar-refractivity contribution in [1.82, 2.24) is 4.57 Å². The third-order valence-corrected chi connectivity index (χ3v) is 4.92. The largest absolute Gasteiger partial charge is 0.481 e. The van der Waals surface area contributed by atoms with E-state index < -0.39 is 5.97 Å². The molecule has 1 aliphatic heterocycles. The molecule has 0 fully saturated rings. The van der Waals surface area contributed by atoms with Crippen LogP contribution in [0.1, 0.15) is 21.6 Å². The van der Waals surface area contributed by atoms with Gasteiger partial charge in [0.2, 0.25) is 6.79 Å². The van der Waals surface area contributed by atoms with E-state index in [1.54, 1.807) is 37.3 Å². The highest BCUT2D eigenvalue weighted by Crippen LogP contribution is 2.39. The highest BCUT2D eigenvalue weighted by Gasteiger charge is 2.25. The van der Waals surface area contributed by atoms with Crippen molar-refractivity contribution in [3.8, 4) is 11.5 Å². The second-order valence-electron chi connectivity index (χ2n) is 6.01. The number of rotatable bonds is 3. The number of benzene rings is 2. The smallest absolute Gasteiger partial charge is 0.307 e. The van der Waals surface area contributed by atoms with Crippen molar-refractivity contribution in [2.45, 2.75) is 13.3 Å². The fourth-order valence-corrected chi connectivity index (χ4v) is 3.65. The first-order valence-corrected chi connectivity index (χ1v) is 8.70. The van der Waals surface area contributed by atoms with Gasteiger partial charge >= 0.3 is 5.97 Å². The van der Waals surface area contributed by atoms with E-state index in [9.17, 15) is 14.7 Å². The van der Waals surface area contributed by atoms with Crippen molar-refractivity contribution in [1.29, 1.82) is 0 Å². The van der Waals surface area contributed by atoms with Crippen LogP contribution in [0, 0.1) is 6.92 Å². The molecule has 7 heteroatoms. The molecule has 0 amide bonds. The molecule has 26 heavy (non-hydrogen) atoms. The molecule has 1 aromatic heterocycles. The number of halogens is 1. The molecule has 2 heterocycles. The number of ether oxygens (including phenoxy) is 2. The van der Waals surface area contributed by atoms with Crippen LogP contribution in [0.5, 0.6) is 11.5 Å². The second-order valence-corrected chi connectivity index (χ2v) is 6.92. The Morgan fingerprint density at radius 2 is 1.92 bits per heavy atom. The summed E-state index contributed by atoms with van der Waals surface area (Å²) in [7, 11) is 0. The maximum atomic E-state index is 13.2. The fourth-order valence-electron chi connectivity index (χ4n) is 3.26. The molecule has 0 unspecified atom stereocenters. The maximum absolute atomic E-state index is 13.2. The molecule has 0 spiro atoms. The van der Waals surface area contributed by atoms with Crippen molar-refractivity contribution in [3.05, 3.63) is 57.7 Å². The molecule has 2 aromatic carbocycles. The molecule has 0 bridgehead atoms. The van der Waals surface area contributed by atoms with E-state index in [4.69, 9.17) is 9.47 Å². The number of carboxylic acids is 1. The summed E-state index contributed by atoms with van der Waals surface area (Å²) in [6, 6.07) is 10.6. The summed E-state index contributed by atoms with van der Waals surface area (Å²) in [4.78, 5) is 24.5. The summed E-state index contributed by atoms with van der Waals surface area (Å²) < 4.78 is 13.2. The standard InChI is InChI=1S/C19H14BrNO5/c1-10-13(7-18(22)23)14-6-16-17(26-9-25-16)8-15(14)21(10)19(24)11-3-2-4-12(20)5-11/h2-6,8H,7,9H2,1H3,(H,22,23). The Hall–Kier alpha value is -2.80. The predicted octanol–water partition coefficient (Wildman–Crippen LogP) is 3.76. The number of hydrogen-bond acceptors (Lipinski definition) is 4. The summed E-state index contributed by atoms with van der Waals surface area (Å²) in [6.45, 7) is 1.86. The first kappa shape index (κ1) is 16.7. The second kappa shape index (κ2) is 6.17. The molecular weight excluding hydrogens is 402 g/mol. The highest BCUT2D eigenvalue weighted by atomic mass is 79.9. The maximum Gasteiger partial charge on any atom is 0.307 e. The lowest BCUT2D eigenvalue weighted by Crippen LogP contribution is -2.14. The first-order chi connectivity index (χ1) is 12.5. The number of nitrogens with zero attached hydrogens (tertiary/aromatic N) is 1. The minimum atomic E-state index is -0.959. The number of carbonyl (C=O) groups excluding carboxylic acids is 1. The summed E-state index contributed by atoms with van der Waals surface area (Å²) in [6.07, 6.45) is -0.180. The number of aromatic nitrogens is 1. The quantitative estimate of drug-likeness (QED) is 0.704. The molecule has 0 atom stereocenters. The Morgan fingerprint density at radius 1 is 1.19 bits per heavy atom. The third-order valence-electron chi connectivity index (χ3n) is 4.43. The van der Waals surface area contributed by atoms with Gasteiger partial charge in [-0.2, -0.15) is 0 Å². The Bertz CT molecular complexity index is 1070. The van der Waals surface area contributed by atoms with E-state index in [2.05, 4.69) is 15.9 Å². The van der Waals surface area contributed by atoms with Gasteiger partial charge in [-0.1, -0.05) is 22.0 Å². The lowest BCUT2D eigenvalue weighted by Gasteiger charge is -2.08. The van der Waals surface area contributed by atoms with Crippen molar-refractivity contribution < 1.29 is 24.2 Å². The molecule has 0 radical (unpaired) electrons. The van der Waals surface area contributed by atoms with Gasteiger partial charge in [-0.05, 0) is 36.8 Å². The Balaban J connectivity index is 1.97. The van der Waals surface area contributed by atoms with Crippen LogP contribution in [0.25, 0.3) is 10.9 Å². The van der Waals surface area contributed by atoms with E-state index in [1.807, 2.05) is 6.07 Å². The lowest BCUT2D eigenvalue weighted by molar-refractivity contribution is -0.136. The van der Waals surface area contributed by atoms with Crippen LogP contribution in [0.15, 0.2) is 40.9 Å². The van der Waals surface area contributed by atoms with Gasteiger partial charge in [-0.25, -0.2) is 0 Å². The van der Waals surface area contributed by atoms with Crippen LogP contribution in [0.3, 0.4) is 0 Å². The van der Waals surface area contributed by atoms with Crippen LogP contribution in [-0.4, -0.2) is 28.3 Å². The molecule has 4 rings (SSSR count).